The monoisotopic (exact) mass is 361 g/mol. The standard InChI is InChI=1S/C18H20ClN3O3/c1-18(2,11-23)22-17(25)13-7-14(19)9-15(8-13)21-16(24)6-12-4-3-5-20-10-12/h3-5,7-10,23H,6,11H2,1-2H3,(H,21,24)(H,22,25). The number of carbonyl (C=O) groups excluding carboxylic acids is 2. The molecule has 2 aromatic rings. The summed E-state index contributed by atoms with van der Waals surface area (Å²) < 4.78 is 0. The zero-order valence-electron chi connectivity index (χ0n) is 14.0. The number of aliphatic hydroxyl groups excluding tert-OH is 1. The Balaban J connectivity index is 2.10. The van der Waals surface area contributed by atoms with E-state index in [0.29, 0.717) is 16.3 Å². The Labute approximate surface area is 151 Å². The molecule has 6 nitrogen and oxygen atoms in total. The first kappa shape index (κ1) is 18.9. The molecule has 1 aromatic heterocycles. The molecule has 2 rings (SSSR count). The smallest absolute Gasteiger partial charge is 0.251 e. The first-order chi connectivity index (χ1) is 11.8. The number of benzene rings is 1. The van der Waals surface area contributed by atoms with Gasteiger partial charge in [-0.05, 0) is 43.7 Å². The third-order valence-electron chi connectivity index (χ3n) is 3.38. The number of aliphatic hydroxyl groups is 1. The number of hydrogen-bond acceptors (Lipinski definition) is 4. The lowest BCUT2D eigenvalue weighted by atomic mass is 10.1. The molecule has 7 heteroatoms. The van der Waals surface area contributed by atoms with E-state index in [1.54, 1.807) is 44.4 Å². The van der Waals surface area contributed by atoms with Gasteiger partial charge in [-0.1, -0.05) is 17.7 Å². The predicted octanol–water partition coefficient (Wildman–Crippen LogP) is 2.42. The van der Waals surface area contributed by atoms with Crippen LogP contribution in [0.3, 0.4) is 0 Å². The maximum absolute atomic E-state index is 12.3. The van der Waals surface area contributed by atoms with Crippen molar-refractivity contribution in [1.29, 1.82) is 0 Å². The molecule has 0 aliphatic rings. The number of anilines is 1. The topological polar surface area (TPSA) is 91.3 Å². The highest BCUT2D eigenvalue weighted by atomic mass is 35.5. The number of rotatable bonds is 6. The van der Waals surface area contributed by atoms with E-state index in [-0.39, 0.29) is 24.8 Å². The van der Waals surface area contributed by atoms with Gasteiger partial charge in [0.1, 0.15) is 0 Å². The summed E-state index contributed by atoms with van der Waals surface area (Å²) in [5, 5.41) is 15.0. The third kappa shape index (κ3) is 5.85. The SMILES string of the molecule is CC(C)(CO)NC(=O)c1cc(Cl)cc(NC(=O)Cc2cccnc2)c1. The van der Waals surface area contributed by atoms with Crippen LogP contribution >= 0.6 is 11.6 Å². The van der Waals surface area contributed by atoms with Crippen LogP contribution in [0.15, 0.2) is 42.7 Å². The van der Waals surface area contributed by atoms with Crippen LogP contribution in [0.1, 0.15) is 29.8 Å². The van der Waals surface area contributed by atoms with Crippen LogP contribution in [0, 0.1) is 0 Å². The fourth-order valence-corrected chi connectivity index (χ4v) is 2.34. The molecule has 0 fully saturated rings. The van der Waals surface area contributed by atoms with Crippen molar-refractivity contribution >= 4 is 29.1 Å². The van der Waals surface area contributed by atoms with Crippen molar-refractivity contribution in [2.75, 3.05) is 11.9 Å². The highest BCUT2D eigenvalue weighted by Crippen LogP contribution is 2.20. The van der Waals surface area contributed by atoms with Gasteiger partial charge >= 0.3 is 0 Å². The van der Waals surface area contributed by atoms with Crippen molar-refractivity contribution in [2.24, 2.45) is 0 Å². The third-order valence-corrected chi connectivity index (χ3v) is 3.60. The van der Waals surface area contributed by atoms with Gasteiger partial charge in [-0.25, -0.2) is 0 Å². The van der Waals surface area contributed by atoms with Gasteiger partial charge in [0.2, 0.25) is 5.91 Å². The maximum atomic E-state index is 12.3. The van der Waals surface area contributed by atoms with Crippen LogP contribution in [-0.4, -0.2) is 34.1 Å². The van der Waals surface area contributed by atoms with Crippen LogP contribution in [0.5, 0.6) is 0 Å². The van der Waals surface area contributed by atoms with Gasteiger partial charge in [-0.3, -0.25) is 14.6 Å². The molecule has 0 bridgehead atoms. The number of halogens is 1. The van der Waals surface area contributed by atoms with Crippen molar-refractivity contribution < 1.29 is 14.7 Å². The quantitative estimate of drug-likeness (QED) is 0.736. The van der Waals surface area contributed by atoms with Crippen molar-refractivity contribution in [3.63, 3.8) is 0 Å². The molecule has 0 aliphatic carbocycles. The lowest BCUT2D eigenvalue weighted by Crippen LogP contribution is -2.46. The summed E-state index contributed by atoms with van der Waals surface area (Å²) >= 11 is 6.05. The Morgan fingerprint density at radius 3 is 2.68 bits per heavy atom. The molecule has 0 aliphatic heterocycles. The van der Waals surface area contributed by atoms with Crippen LogP contribution in [0.2, 0.25) is 5.02 Å². The van der Waals surface area contributed by atoms with E-state index in [9.17, 15) is 14.7 Å². The molecule has 0 unspecified atom stereocenters. The van der Waals surface area contributed by atoms with Crippen molar-refractivity contribution in [1.82, 2.24) is 10.3 Å². The van der Waals surface area contributed by atoms with E-state index in [2.05, 4.69) is 15.6 Å². The second-order valence-corrected chi connectivity index (χ2v) is 6.75. The lowest BCUT2D eigenvalue weighted by Gasteiger charge is -2.23. The van der Waals surface area contributed by atoms with Gasteiger partial charge in [-0.15, -0.1) is 0 Å². The minimum Gasteiger partial charge on any atom is -0.394 e. The normalized spacial score (nSPS) is 11.0. The van der Waals surface area contributed by atoms with Crippen LogP contribution < -0.4 is 10.6 Å². The van der Waals surface area contributed by atoms with Crippen LogP contribution in [-0.2, 0) is 11.2 Å². The first-order valence-corrected chi connectivity index (χ1v) is 8.09. The minimum absolute atomic E-state index is 0.166. The molecule has 0 spiro atoms. The number of carbonyl (C=O) groups is 2. The summed E-state index contributed by atoms with van der Waals surface area (Å²) in [6, 6.07) is 8.17. The fourth-order valence-electron chi connectivity index (χ4n) is 2.11. The number of aromatic nitrogens is 1. The van der Waals surface area contributed by atoms with Crippen LogP contribution in [0.25, 0.3) is 0 Å². The predicted molar refractivity (Wildman–Crippen MR) is 96.7 cm³/mol. The maximum Gasteiger partial charge on any atom is 0.251 e. The highest BCUT2D eigenvalue weighted by Gasteiger charge is 2.20. The van der Waals surface area contributed by atoms with Crippen molar-refractivity contribution in [3.8, 4) is 0 Å². The molecule has 1 heterocycles. The summed E-state index contributed by atoms with van der Waals surface area (Å²) in [5.41, 5.74) is 0.743. The minimum atomic E-state index is -0.761. The van der Waals surface area contributed by atoms with E-state index in [1.165, 1.54) is 12.1 Å². The summed E-state index contributed by atoms with van der Waals surface area (Å²) in [4.78, 5) is 28.4. The van der Waals surface area contributed by atoms with Crippen molar-refractivity contribution in [3.05, 3.63) is 58.9 Å². The lowest BCUT2D eigenvalue weighted by molar-refractivity contribution is -0.115. The molecule has 0 atom stereocenters. The van der Waals surface area contributed by atoms with Crippen LogP contribution in [0.4, 0.5) is 5.69 Å². The molecule has 132 valence electrons. The Hall–Kier alpha value is -2.44. The summed E-state index contributed by atoms with van der Waals surface area (Å²) in [6.45, 7) is 3.20. The highest BCUT2D eigenvalue weighted by molar-refractivity contribution is 6.31. The second kappa shape index (κ2) is 8.09. The number of nitrogens with zero attached hydrogens (tertiary/aromatic N) is 1. The zero-order valence-corrected chi connectivity index (χ0v) is 14.8. The van der Waals surface area contributed by atoms with E-state index >= 15 is 0 Å². The number of hydrogen-bond donors (Lipinski definition) is 3. The number of pyridine rings is 1. The Morgan fingerprint density at radius 1 is 1.28 bits per heavy atom. The molecule has 0 radical (unpaired) electrons. The molecule has 0 saturated carbocycles. The largest absolute Gasteiger partial charge is 0.394 e. The van der Waals surface area contributed by atoms with Crippen molar-refractivity contribution in [2.45, 2.75) is 25.8 Å². The van der Waals surface area contributed by atoms with E-state index < -0.39 is 5.54 Å². The molecule has 1 aromatic carbocycles. The summed E-state index contributed by atoms with van der Waals surface area (Å²) in [7, 11) is 0. The van der Waals surface area contributed by atoms with E-state index in [4.69, 9.17) is 11.6 Å². The van der Waals surface area contributed by atoms with Gasteiger partial charge in [0.15, 0.2) is 0 Å². The second-order valence-electron chi connectivity index (χ2n) is 6.31. The Bertz CT molecular complexity index is 763. The Morgan fingerprint density at radius 2 is 2.04 bits per heavy atom. The van der Waals surface area contributed by atoms with Gasteiger partial charge in [0.05, 0.1) is 18.6 Å². The van der Waals surface area contributed by atoms with Gasteiger partial charge < -0.3 is 15.7 Å². The summed E-state index contributed by atoms with van der Waals surface area (Å²) in [5.74, 6) is -0.623. The molecule has 25 heavy (non-hydrogen) atoms. The van der Waals surface area contributed by atoms with Gasteiger partial charge in [-0.2, -0.15) is 0 Å². The average Bonchev–Trinajstić information content (AvgIpc) is 2.54. The fraction of sp³-hybridized carbons (Fsp3) is 0.278. The average molecular weight is 362 g/mol. The first-order valence-electron chi connectivity index (χ1n) is 7.72. The molecule has 3 N–H and O–H groups in total. The van der Waals surface area contributed by atoms with Gasteiger partial charge in [0, 0.05) is 28.7 Å². The number of nitrogens with one attached hydrogen (secondary N) is 2. The molecular weight excluding hydrogens is 342 g/mol. The summed E-state index contributed by atoms with van der Waals surface area (Å²) in [6.07, 6.45) is 3.42. The molecule has 2 amide bonds. The zero-order chi connectivity index (χ0) is 18.4. The Kier molecular flexibility index (Phi) is 6.12. The molecular formula is C18H20ClN3O3. The number of amides is 2. The van der Waals surface area contributed by atoms with E-state index in [0.717, 1.165) is 5.56 Å². The molecule has 0 saturated heterocycles. The van der Waals surface area contributed by atoms with E-state index in [1.807, 2.05) is 0 Å². The van der Waals surface area contributed by atoms with Gasteiger partial charge in [0.25, 0.3) is 5.91 Å².